The lowest BCUT2D eigenvalue weighted by Gasteiger charge is -2.22. The number of thioether (sulfide) groups is 1. The van der Waals surface area contributed by atoms with Gasteiger partial charge < -0.3 is 10.1 Å². The van der Waals surface area contributed by atoms with E-state index in [1.807, 2.05) is 72.8 Å². The van der Waals surface area contributed by atoms with Crippen molar-refractivity contribution in [2.75, 3.05) is 5.75 Å². The number of aromatic nitrogens is 2. The van der Waals surface area contributed by atoms with Crippen LogP contribution in [-0.4, -0.2) is 27.3 Å². The van der Waals surface area contributed by atoms with Gasteiger partial charge in [0, 0.05) is 6.04 Å². The summed E-state index contributed by atoms with van der Waals surface area (Å²) in [5, 5.41) is 4.16. The van der Waals surface area contributed by atoms with Crippen LogP contribution in [0.15, 0.2) is 88.8 Å². The SMILES string of the molecule is O=C(CSc1nc2ccccc2c(=O)n1-c1ccc(Oc2ccccc2)cc1)NC1CCCCC1. The molecule has 4 aromatic rings. The summed E-state index contributed by atoms with van der Waals surface area (Å²) in [6.45, 7) is 0. The average Bonchev–Trinajstić information content (AvgIpc) is 2.89. The molecule has 1 amide bonds. The molecule has 1 aliphatic carbocycles. The largest absolute Gasteiger partial charge is 0.457 e. The number of ether oxygens (including phenoxy) is 1. The molecule has 1 aliphatic rings. The number of nitrogens with one attached hydrogen (secondary N) is 1. The molecule has 1 saturated carbocycles. The first kappa shape index (κ1) is 23.2. The van der Waals surface area contributed by atoms with Gasteiger partial charge in [-0.15, -0.1) is 0 Å². The van der Waals surface area contributed by atoms with Gasteiger partial charge in [-0.05, 0) is 61.4 Å². The van der Waals surface area contributed by atoms with Crippen LogP contribution in [0.3, 0.4) is 0 Å². The number of carbonyl (C=O) groups excluding carboxylic acids is 1. The number of hydrogen-bond donors (Lipinski definition) is 1. The maximum Gasteiger partial charge on any atom is 0.266 e. The van der Waals surface area contributed by atoms with Gasteiger partial charge in [0.15, 0.2) is 5.16 Å². The topological polar surface area (TPSA) is 73.2 Å². The van der Waals surface area contributed by atoms with Crippen LogP contribution in [0.25, 0.3) is 16.6 Å². The Morgan fingerprint density at radius 1 is 0.914 bits per heavy atom. The summed E-state index contributed by atoms with van der Waals surface area (Å²) < 4.78 is 7.47. The van der Waals surface area contributed by atoms with Crippen molar-refractivity contribution >= 4 is 28.6 Å². The van der Waals surface area contributed by atoms with Gasteiger partial charge in [-0.2, -0.15) is 0 Å². The van der Waals surface area contributed by atoms with Crippen molar-refractivity contribution in [3.05, 3.63) is 89.2 Å². The van der Waals surface area contributed by atoms with Crippen molar-refractivity contribution in [1.82, 2.24) is 14.9 Å². The molecule has 35 heavy (non-hydrogen) atoms. The third-order valence-corrected chi connectivity index (χ3v) is 7.06. The van der Waals surface area contributed by atoms with Crippen molar-refractivity contribution in [3.63, 3.8) is 0 Å². The van der Waals surface area contributed by atoms with Gasteiger partial charge in [-0.3, -0.25) is 14.2 Å². The van der Waals surface area contributed by atoms with E-state index in [1.165, 1.54) is 18.2 Å². The molecule has 1 heterocycles. The average molecular weight is 486 g/mol. The van der Waals surface area contributed by atoms with E-state index in [-0.39, 0.29) is 23.3 Å². The monoisotopic (exact) mass is 485 g/mol. The van der Waals surface area contributed by atoms with Crippen LogP contribution in [0.4, 0.5) is 0 Å². The fourth-order valence-corrected chi connectivity index (χ4v) is 5.19. The van der Waals surface area contributed by atoms with Gasteiger partial charge in [0.1, 0.15) is 11.5 Å². The standard InChI is InChI=1S/C28H27N3O3S/c32-26(29-20-9-3-1-4-10-20)19-35-28-30-25-14-8-7-13-24(25)27(33)31(28)21-15-17-23(18-16-21)34-22-11-5-2-6-12-22/h2,5-8,11-18,20H,1,3-4,9-10,19H2,(H,29,32). The van der Waals surface area contributed by atoms with Crippen LogP contribution in [0.5, 0.6) is 11.5 Å². The van der Waals surface area contributed by atoms with Crippen molar-refractivity contribution in [1.29, 1.82) is 0 Å². The maximum absolute atomic E-state index is 13.5. The molecule has 1 fully saturated rings. The number of carbonyl (C=O) groups is 1. The summed E-state index contributed by atoms with van der Waals surface area (Å²) in [6.07, 6.45) is 5.63. The van der Waals surface area contributed by atoms with Crippen LogP contribution in [0.1, 0.15) is 32.1 Å². The third kappa shape index (κ3) is 5.57. The van der Waals surface area contributed by atoms with Crippen molar-refractivity contribution in [2.45, 2.75) is 43.3 Å². The van der Waals surface area contributed by atoms with E-state index in [0.29, 0.717) is 27.5 Å². The number of hydrogen-bond acceptors (Lipinski definition) is 5. The normalized spacial score (nSPS) is 14.1. The number of fused-ring (bicyclic) bond motifs is 1. The zero-order valence-corrected chi connectivity index (χ0v) is 20.2. The lowest BCUT2D eigenvalue weighted by atomic mass is 9.95. The fourth-order valence-electron chi connectivity index (χ4n) is 4.37. The molecule has 0 aliphatic heterocycles. The Hall–Kier alpha value is -3.58. The molecule has 6 nitrogen and oxygen atoms in total. The summed E-state index contributed by atoms with van der Waals surface area (Å²) in [5.74, 6) is 1.59. The smallest absolute Gasteiger partial charge is 0.266 e. The van der Waals surface area contributed by atoms with Gasteiger partial charge in [-0.25, -0.2) is 4.98 Å². The first-order chi connectivity index (χ1) is 17.2. The van der Waals surface area contributed by atoms with E-state index in [9.17, 15) is 9.59 Å². The number of rotatable bonds is 7. The van der Waals surface area contributed by atoms with Crippen LogP contribution in [0.2, 0.25) is 0 Å². The molecule has 0 radical (unpaired) electrons. The minimum absolute atomic E-state index is 0.0255. The second kappa shape index (κ2) is 10.8. The van der Waals surface area contributed by atoms with Crippen molar-refractivity contribution in [3.8, 4) is 17.2 Å². The maximum atomic E-state index is 13.5. The summed E-state index contributed by atoms with van der Waals surface area (Å²) in [5.41, 5.74) is 1.12. The summed E-state index contributed by atoms with van der Waals surface area (Å²) in [7, 11) is 0. The zero-order valence-electron chi connectivity index (χ0n) is 19.4. The number of amides is 1. The molecule has 5 rings (SSSR count). The van der Waals surface area contributed by atoms with E-state index >= 15 is 0 Å². The van der Waals surface area contributed by atoms with Gasteiger partial charge in [-0.1, -0.05) is 61.4 Å². The van der Waals surface area contributed by atoms with Crippen molar-refractivity contribution < 1.29 is 9.53 Å². The molecule has 3 aromatic carbocycles. The Balaban J connectivity index is 1.41. The second-order valence-corrected chi connectivity index (χ2v) is 9.59. The molecule has 0 saturated heterocycles. The molecule has 1 aromatic heterocycles. The summed E-state index contributed by atoms with van der Waals surface area (Å²) >= 11 is 1.28. The highest BCUT2D eigenvalue weighted by Crippen LogP contribution is 2.25. The van der Waals surface area contributed by atoms with E-state index in [0.717, 1.165) is 31.4 Å². The van der Waals surface area contributed by atoms with Crippen LogP contribution in [0, 0.1) is 0 Å². The first-order valence-corrected chi connectivity index (χ1v) is 12.9. The summed E-state index contributed by atoms with van der Waals surface area (Å²) in [6, 6.07) is 24.4. The summed E-state index contributed by atoms with van der Waals surface area (Å²) in [4.78, 5) is 30.8. The predicted octanol–water partition coefficient (Wildman–Crippen LogP) is 5.72. The van der Waals surface area contributed by atoms with E-state index < -0.39 is 0 Å². The minimum atomic E-state index is -0.164. The van der Waals surface area contributed by atoms with E-state index in [1.54, 1.807) is 10.6 Å². The molecule has 7 heteroatoms. The van der Waals surface area contributed by atoms with Crippen molar-refractivity contribution in [2.24, 2.45) is 0 Å². The quantitative estimate of drug-likeness (QED) is 0.268. The van der Waals surface area contributed by atoms with Gasteiger partial charge >= 0.3 is 0 Å². The Morgan fingerprint density at radius 3 is 2.37 bits per heavy atom. The number of para-hydroxylation sites is 2. The van der Waals surface area contributed by atoms with Gasteiger partial charge in [0.05, 0.1) is 22.3 Å². The fraction of sp³-hybridized carbons (Fsp3) is 0.250. The molecule has 0 atom stereocenters. The lowest BCUT2D eigenvalue weighted by Crippen LogP contribution is -2.37. The van der Waals surface area contributed by atoms with E-state index in [2.05, 4.69) is 5.32 Å². The molecule has 1 N–H and O–H groups in total. The highest BCUT2D eigenvalue weighted by atomic mass is 32.2. The van der Waals surface area contributed by atoms with Gasteiger partial charge in [0.2, 0.25) is 5.91 Å². The van der Waals surface area contributed by atoms with Crippen LogP contribution < -0.4 is 15.6 Å². The Morgan fingerprint density at radius 2 is 1.60 bits per heavy atom. The van der Waals surface area contributed by atoms with E-state index in [4.69, 9.17) is 9.72 Å². The zero-order chi connectivity index (χ0) is 24.0. The lowest BCUT2D eigenvalue weighted by molar-refractivity contribution is -0.119. The highest BCUT2D eigenvalue weighted by molar-refractivity contribution is 7.99. The predicted molar refractivity (Wildman–Crippen MR) is 140 cm³/mol. The highest BCUT2D eigenvalue weighted by Gasteiger charge is 2.18. The second-order valence-electron chi connectivity index (χ2n) is 8.65. The molecular weight excluding hydrogens is 458 g/mol. The number of benzene rings is 3. The molecule has 0 unspecified atom stereocenters. The third-order valence-electron chi connectivity index (χ3n) is 6.12. The number of nitrogens with zero attached hydrogens (tertiary/aromatic N) is 2. The molecule has 178 valence electrons. The molecule has 0 spiro atoms. The Bertz CT molecular complexity index is 1360. The molecule has 0 bridgehead atoms. The Labute approximate surface area is 208 Å². The van der Waals surface area contributed by atoms with Crippen LogP contribution in [-0.2, 0) is 4.79 Å². The van der Waals surface area contributed by atoms with Crippen LogP contribution >= 0.6 is 11.8 Å². The first-order valence-electron chi connectivity index (χ1n) is 11.9. The minimum Gasteiger partial charge on any atom is -0.457 e. The Kier molecular flexibility index (Phi) is 7.14. The van der Waals surface area contributed by atoms with Gasteiger partial charge in [0.25, 0.3) is 5.56 Å². The molecular formula is C28H27N3O3S.